The summed E-state index contributed by atoms with van der Waals surface area (Å²) in [6.07, 6.45) is 8.45. The molecule has 0 aliphatic heterocycles. The molecule has 0 aromatic carbocycles. The van der Waals surface area contributed by atoms with Gasteiger partial charge in [-0.25, -0.2) is 0 Å². The van der Waals surface area contributed by atoms with Crippen molar-refractivity contribution in [2.45, 2.75) is 12.8 Å². The number of ether oxygens (including phenoxy) is 2. The van der Waals surface area contributed by atoms with Crippen LogP contribution in [0.3, 0.4) is 0 Å². The Morgan fingerprint density at radius 1 is 0.850 bits per heavy atom. The van der Waals surface area contributed by atoms with Crippen LogP contribution >= 0.6 is 0 Å². The van der Waals surface area contributed by atoms with Crippen molar-refractivity contribution < 1.29 is 19.1 Å². The second-order valence-electron chi connectivity index (χ2n) is 4.25. The molecule has 0 radical (unpaired) electrons. The van der Waals surface area contributed by atoms with Crippen molar-refractivity contribution in [1.82, 2.24) is 0 Å². The van der Waals surface area contributed by atoms with E-state index in [4.69, 9.17) is 20.5 Å². The molecule has 2 aliphatic rings. The van der Waals surface area contributed by atoms with E-state index < -0.39 is 0 Å². The molecular formula is C14H14N4O2. The fraction of sp³-hybridized carbons (Fsp3) is 0.286. The van der Waals surface area contributed by atoms with Crippen molar-refractivity contribution in [2.75, 3.05) is 14.2 Å². The van der Waals surface area contributed by atoms with E-state index in [-0.39, 0.29) is 0 Å². The first-order valence-electron chi connectivity index (χ1n) is 6.08. The van der Waals surface area contributed by atoms with Crippen LogP contribution in [0.2, 0.25) is 0 Å². The van der Waals surface area contributed by atoms with Gasteiger partial charge in [-0.1, -0.05) is 12.2 Å². The van der Waals surface area contributed by atoms with Gasteiger partial charge in [-0.05, 0) is 23.3 Å². The van der Waals surface area contributed by atoms with Crippen molar-refractivity contribution >= 4 is 11.4 Å². The van der Waals surface area contributed by atoms with Gasteiger partial charge in [0.15, 0.2) is 0 Å². The summed E-state index contributed by atoms with van der Waals surface area (Å²) in [5, 5.41) is 0. The van der Waals surface area contributed by atoms with E-state index in [0.29, 0.717) is 35.8 Å². The van der Waals surface area contributed by atoms with Crippen LogP contribution in [0.25, 0.3) is 11.1 Å². The molecule has 0 aromatic heterocycles. The second-order valence-corrected chi connectivity index (χ2v) is 4.25. The summed E-state index contributed by atoms with van der Waals surface area (Å²) < 4.78 is 10.4. The highest BCUT2D eigenvalue weighted by Crippen LogP contribution is 2.26. The maximum Gasteiger partial charge on any atom is 0.337 e. The molecule has 0 heterocycles. The zero-order chi connectivity index (χ0) is 14.5. The Morgan fingerprint density at radius 3 is 1.55 bits per heavy atom. The van der Waals surface area contributed by atoms with Crippen LogP contribution in [0.15, 0.2) is 47.0 Å². The van der Waals surface area contributed by atoms with E-state index in [9.17, 15) is 0 Å². The third-order valence-electron chi connectivity index (χ3n) is 3.19. The Hall–Kier alpha value is -2.68. The van der Waals surface area contributed by atoms with Crippen molar-refractivity contribution in [1.29, 1.82) is 0 Å². The monoisotopic (exact) mass is 270 g/mol. The van der Waals surface area contributed by atoms with Gasteiger partial charge in [-0.3, -0.25) is 0 Å². The van der Waals surface area contributed by atoms with Crippen LogP contribution in [0.1, 0.15) is 12.8 Å². The lowest BCUT2D eigenvalue weighted by Crippen LogP contribution is -2.13. The van der Waals surface area contributed by atoms with Crippen LogP contribution in [0.4, 0.5) is 0 Å². The van der Waals surface area contributed by atoms with Gasteiger partial charge in [0.2, 0.25) is 11.5 Å². The summed E-state index contributed by atoms with van der Waals surface area (Å²) in [5.74, 6) is 1.06. The van der Waals surface area contributed by atoms with E-state index in [1.54, 1.807) is 12.2 Å². The maximum atomic E-state index is 8.88. The molecule has 0 N–H and O–H groups in total. The zero-order valence-corrected chi connectivity index (χ0v) is 11.3. The predicted molar refractivity (Wildman–Crippen MR) is 72.8 cm³/mol. The number of allylic oxidation sites excluding steroid dienone is 8. The fourth-order valence-corrected chi connectivity index (χ4v) is 2.12. The predicted octanol–water partition coefficient (Wildman–Crippen LogP) is 2.05. The molecule has 0 amide bonds. The van der Waals surface area contributed by atoms with Gasteiger partial charge in [-0.15, -0.1) is 0 Å². The Bertz CT molecular complexity index is 597. The number of hydrogen-bond acceptors (Lipinski definition) is 2. The molecule has 2 rings (SSSR count). The summed E-state index contributed by atoms with van der Waals surface area (Å²) in [5.41, 5.74) is 20.6. The van der Waals surface area contributed by atoms with Gasteiger partial charge in [-0.2, -0.15) is 9.58 Å². The van der Waals surface area contributed by atoms with Gasteiger partial charge in [0, 0.05) is 0 Å². The summed E-state index contributed by atoms with van der Waals surface area (Å²) in [7, 11) is 3.06. The molecule has 2 aliphatic carbocycles. The van der Waals surface area contributed by atoms with Crippen LogP contribution in [-0.2, 0) is 9.47 Å². The molecule has 0 aromatic rings. The summed E-state index contributed by atoms with van der Waals surface area (Å²) in [6.45, 7) is 0. The largest absolute Gasteiger partial charge is 0.490 e. The standard InChI is InChI=1S/C14H14N4O2/c1-19-13-7-9(3-5-11(13)17-15)10-4-6-12(18-16)14(8-10)20-2/h3-4,7-8H,5-6H2,1-2H3. The number of nitrogens with zero attached hydrogens (tertiary/aromatic N) is 4. The third kappa shape index (κ3) is 2.52. The van der Waals surface area contributed by atoms with Gasteiger partial charge in [0.25, 0.3) is 0 Å². The molecular weight excluding hydrogens is 256 g/mol. The highest BCUT2D eigenvalue weighted by atomic mass is 16.5. The molecule has 0 unspecified atom stereocenters. The summed E-state index contributed by atoms with van der Waals surface area (Å²) in [6, 6.07) is 0. The minimum Gasteiger partial charge on any atom is -0.490 e. The first-order valence-corrected chi connectivity index (χ1v) is 6.08. The number of rotatable bonds is 3. The highest BCUT2D eigenvalue weighted by Gasteiger charge is 2.25. The SMILES string of the molecule is COC1=CC(C2=CCC(=[N+]=[N-])C(OC)=C2)=CCC1=[N+]=[N-]. The zero-order valence-electron chi connectivity index (χ0n) is 11.3. The molecule has 0 atom stereocenters. The Kier molecular flexibility index (Phi) is 4.11. The normalized spacial score (nSPS) is 18.1. The summed E-state index contributed by atoms with van der Waals surface area (Å²) in [4.78, 5) is 6.41. The third-order valence-corrected chi connectivity index (χ3v) is 3.19. The second kappa shape index (κ2) is 5.97. The fourth-order valence-electron chi connectivity index (χ4n) is 2.12. The Balaban J connectivity index is 2.35. The molecule has 20 heavy (non-hydrogen) atoms. The smallest absolute Gasteiger partial charge is 0.337 e. The van der Waals surface area contributed by atoms with Gasteiger partial charge < -0.3 is 20.5 Å². The lowest BCUT2D eigenvalue weighted by Gasteiger charge is -2.14. The van der Waals surface area contributed by atoms with E-state index in [0.717, 1.165) is 11.1 Å². The topological polar surface area (TPSA) is 91.3 Å². The van der Waals surface area contributed by atoms with Gasteiger partial charge in [0.1, 0.15) is 0 Å². The Morgan fingerprint density at radius 2 is 1.25 bits per heavy atom. The van der Waals surface area contributed by atoms with Crippen LogP contribution in [-0.4, -0.2) is 35.2 Å². The Labute approximate surface area is 116 Å². The minimum absolute atomic E-state index is 0.486. The first kappa shape index (κ1) is 13.7. The minimum atomic E-state index is 0.486. The van der Waals surface area contributed by atoms with Crippen molar-refractivity contribution in [3.05, 3.63) is 58.0 Å². The van der Waals surface area contributed by atoms with Crippen LogP contribution in [0, 0.1) is 0 Å². The van der Waals surface area contributed by atoms with Crippen LogP contribution in [0.5, 0.6) is 0 Å². The van der Waals surface area contributed by atoms with Gasteiger partial charge >= 0.3 is 11.4 Å². The maximum absolute atomic E-state index is 8.88. The molecule has 0 spiro atoms. The number of hydrogen-bond donors (Lipinski definition) is 0. The van der Waals surface area contributed by atoms with Crippen molar-refractivity contribution in [2.24, 2.45) is 0 Å². The average molecular weight is 270 g/mol. The molecule has 0 bridgehead atoms. The van der Waals surface area contributed by atoms with E-state index in [1.165, 1.54) is 14.2 Å². The molecule has 0 saturated carbocycles. The first-order chi connectivity index (χ1) is 9.73. The molecule has 6 nitrogen and oxygen atoms in total. The van der Waals surface area contributed by atoms with E-state index >= 15 is 0 Å². The highest BCUT2D eigenvalue weighted by molar-refractivity contribution is 5.99. The van der Waals surface area contributed by atoms with Crippen LogP contribution < -0.4 is 0 Å². The number of methoxy groups -OCH3 is 2. The molecule has 0 saturated heterocycles. The van der Waals surface area contributed by atoms with Crippen molar-refractivity contribution in [3.8, 4) is 0 Å². The average Bonchev–Trinajstić information content (AvgIpc) is 2.53. The summed E-state index contributed by atoms with van der Waals surface area (Å²) >= 11 is 0. The molecule has 102 valence electrons. The quantitative estimate of drug-likeness (QED) is 0.580. The van der Waals surface area contributed by atoms with E-state index in [1.807, 2.05) is 12.2 Å². The van der Waals surface area contributed by atoms with E-state index in [2.05, 4.69) is 9.58 Å². The van der Waals surface area contributed by atoms with Gasteiger partial charge in [0.05, 0.1) is 27.1 Å². The van der Waals surface area contributed by atoms with Crippen molar-refractivity contribution in [3.63, 3.8) is 0 Å². The lowest BCUT2D eigenvalue weighted by atomic mass is 9.92. The molecule has 0 fully saturated rings. The lowest BCUT2D eigenvalue weighted by molar-refractivity contribution is -0.0114. The molecule has 6 heteroatoms.